The zero-order chi connectivity index (χ0) is 14.8. The van der Waals surface area contributed by atoms with E-state index in [1.54, 1.807) is 6.07 Å². The van der Waals surface area contributed by atoms with Crippen LogP contribution in [0.25, 0.3) is 0 Å². The number of nitrogens with zero attached hydrogens (tertiary/aromatic N) is 1. The second-order valence-electron chi connectivity index (χ2n) is 4.87. The molecule has 0 saturated carbocycles. The van der Waals surface area contributed by atoms with Crippen LogP contribution in [0.2, 0.25) is 0 Å². The van der Waals surface area contributed by atoms with Gasteiger partial charge >= 0.3 is 0 Å². The van der Waals surface area contributed by atoms with Crippen molar-refractivity contribution in [2.45, 2.75) is 30.5 Å². The van der Waals surface area contributed by atoms with Gasteiger partial charge < -0.3 is 9.73 Å². The molecule has 1 aliphatic heterocycles. The molecule has 1 atom stereocenters. The lowest BCUT2D eigenvalue weighted by molar-refractivity contribution is -0.124. The van der Waals surface area contributed by atoms with Gasteiger partial charge in [-0.3, -0.25) is 10.1 Å². The molecule has 0 aliphatic carbocycles. The number of carbonyl (C=O) groups is 1. The van der Waals surface area contributed by atoms with Crippen molar-refractivity contribution in [3.63, 3.8) is 0 Å². The highest BCUT2D eigenvalue weighted by Crippen LogP contribution is 2.17. The van der Waals surface area contributed by atoms with E-state index in [1.165, 1.54) is 20.2 Å². The summed E-state index contributed by atoms with van der Waals surface area (Å²) in [5.41, 5.74) is 0. The van der Waals surface area contributed by atoms with E-state index < -0.39 is 10.0 Å². The Balaban J connectivity index is 1.98. The van der Waals surface area contributed by atoms with E-state index in [0.717, 1.165) is 17.1 Å². The van der Waals surface area contributed by atoms with Crippen LogP contribution in [0.4, 0.5) is 0 Å². The van der Waals surface area contributed by atoms with Crippen LogP contribution in [0, 0.1) is 0 Å². The Hall–Kier alpha value is -1.38. The molecule has 1 amide bonds. The molecular formula is C12H19N3O4S. The molecule has 1 aromatic rings. The molecule has 0 radical (unpaired) electrons. The van der Waals surface area contributed by atoms with Crippen LogP contribution in [-0.4, -0.2) is 45.3 Å². The molecule has 112 valence electrons. The van der Waals surface area contributed by atoms with Gasteiger partial charge in [-0.15, -0.1) is 0 Å². The van der Waals surface area contributed by atoms with E-state index in [-0.39, 0.29) is 17.0 Å². The minimum Gasteiger partial charge on any atom is -0.447 e. The lowest BCUT2D eigenvalue weighted by atomic mass is 10.1. The van der Waals surface area contributed by atoms with Crippen molar-refractivity contribution in [2.24, 2.45) is 0 Å². The maximum atomic E-state index is 11.9. The van der Waals surface area contributed by atoms with Crippen LogP contribution in [0.5, 0.6) is 0 Å². The van der Waals surface area contributed by atoms with Crippen molar-refractivity contribution >= 4 is 15.9 Å². The van der Waals surface area contributed by atoms with Crippen LogP contribution < -0.4 is 10.6 Å². The lowest BCUT2D eigenvalue weighted by Crippen LogP contribution is -2.47. The van der Waals surface area contributed by atoms with E-state index in [1.807, 2.05) is 0 Å². The quantitative estimate of drug-likeness (QED) is 0.792. The first kappa shape index (κ1) is 15.0. The number of hydrogen-bond donors (Lipinski definition) is 2. The second kappa shape index (κ2) is 5.94. The molecule has 0 bridgehead atoms. The predicted octanol–water partition coefficient (Wildman–Crippen LogP) is -0.102. The average molecular weight is 301 g/mol. The second-order valence-corrected chi connectivity index (χ2v) is 6.96. The van der Waals surface area contributed by atoms with E-state index in [4.69, 9.17) is 4.42 Å². The van der Waals surface area contributed by atoms with Crippen molar-refractivity contribution in [2.75, 3.05) is 20.6 Å². The predicted molar refractivity (Wildman–Crippen MR) is 72.5 cm³/mol. The highest BCUT2D eigenvalue weighted by atomic mass is 32.2. The molecule has 1 unspecified atom stereocenters. The van der Waals surface area contributed by atoms with Gasteiger partial charge in [0.25, 0.3) is 10.0 Å². The topological polar surface area (TPSA) is 91.7 Å². The first-order chi connectivity index (χ1) is 9.41. The van der Waals surface area contributed by atoms with Crippen LogP contribution in [-0.2, 0) is 21.4 Å². The van der Waals surface area contributed by atoms with Crippen LogP contribution >= 0.6 is 0 Å². The van der Waals surface area contributed by atoms with Crippen LogP contribution in [0.3, 0.4) is 0 Å². The van der Waals surface area contributed by atoms with E-state index in [9.17, 15) is 13.2 Å². The lowest BCUT2D eigenvalue weighted by Gasteiger charge is -2.22. The van der Waals surface area contributed by atoms with E-state index in [0.29, 0.717) is 18.8 Å². The van der Waals surface area contributed by atoms with Crippen LogP contribution in [0.15, 0.2) is 21.6 Å². The fourth-order valence-electron chi connectivity index (χ4n) is 1.96. The number of piperidine rings is 1. The molecular weight excluding hydrogens is 282 g/mol. The maximum Gasteiger partial charge on any atom is 0.275 e. The number of hydrogen-bond acceptors (Lipinski definition) is 5. The molecule has 1 aliphatic rings. The number of rotatable bonds is 5. The Morgan fingerprint density at radius 2 is 2.20 bits per heavy atom. The van der Waals surface area contributed by atoms with Crippen molar-refractivity contribution < 1.29 is 17.6 Å². The van der Waals surface area contributed by atoms with Gasteiger partial charge in [0.2, 0.25) is 11.0 Å². The minimum absolute atomic E-state index is 0.0241. The molecule has 1 aromatic heterocycles. The molecule has 1 saturated heterocycles. The van der Waals surface area contributed by atoms with E-state index >= 15 is 0 Å². The first-order valence-corrected chi connectivity index (χ1v) is 7.87. The Kier molecular flexibility index (Phi) is 4.46. The molecule has 2 heterocycles. The fourth-order valence-corrected chi connectivity index (χ4v) is 2.77. The molecule has 2 rings (SSSR count). The average Bonchev–Trinajstić information content (AvgIpc) is 2.87. The highest BCUT2D eigenvalue weighted by molar-refractivity contribution is 7.88. The molecule has 0 spiro atoms. The first-order valence-electron chi connectivity index (χ1n) is 6.43. The monoisotopic (exact) mass is 301 g/mol. The van der Waals surface area contributed by atoms with Gasteiger partial charge in [-0.2, -0.15) is 0 Å². The van der Waals surface area contributed by atoms with Crippen molar-refractivity contribution in [1.29, 1.82) is 0 Å². The molecule has 0 aromatic carbocycles. The molecule has 1 fully saturated rings. The summed E-state index contributed by atoms with van der Waals surface area (Å²) >= 11 is 0. The summed E-state index contributed by atoms with van der Waals surface area (Å²) in [5.74, 6) is 0.466. The minimum atomic E-state index is -3.55. The zero-order valence-corrected chi connectivity index (χ0v) is 12.4. The third-order valence-electron chi connectivity index (χ3n) is 3.18. The summed E-state index contributed by atoms with van der Waals surface area (Å²) in [6, 6.07) is 2.78. The number of nitrogens with one attached hydrogen (secondary N) is 2. The third-order valence-corrected chi connectivity index (χ3v) is 4.87. The van der Waals surface area contributed by atoms with Gasteiger partial charge in [-0.05, 0) is 25.0 Å². The van der Waals surface area contributed by atoms with Gasteiger partial charge in [0, 0.05) is 20.6 Å². The zero-order valence-electron chi connectivity index (χ0n) is 11.5. The summed E-state index contributed by atoms with van der Waals surface area (Å²) in [4.78, 5) is 11.6. The standard InChI is InChI=1S/C12H19N3O4S/c1-15(2)20(17,18)11-6-5-9(19-11)8-14-10-4-3-7-13-12(10)16/h5-6,10,14H,3-4,7-8H2,1-2H3,(H,13,16). The van der Waals surface area contributed by atoms with E-state index in [2.05, 4.69) is 10.6 Å². The van der Waals surface area contributed by atoms with Gasteiger partial charge in [0.1, 0.15) is 5.76 Å². The largest absolute Gasteiger partial charge is 0.447 e. The normalized spacial score (nSPS) is 20.1. The van der Waals surface area contributed by atoms with Crippen molar-refractivity contribution in [3.05, 3.63) is 17.9 Å². The number of carbonyl (C=O) groups excluding carboxylic acids is 1. The Labute approximate surface area is 118 Å². The SMILES string of the molecule is CN(C)S(=O)(=O)c1ccc(CNC2CCCNC2=O)o1. The van der Waals surface area contributed by atoms with Gasteiger partial charge in [0.15, 0.2) is 0 Å². The maximum absolute atomic E-state index is 11.9. The summed E-state index contributed by atoms with van der Waals surface area (Å²) < 4.78 is 30.1. The fraction of sp³-hybridized carbons (Fsp3) is 0.583. The highest BCUT2D eigenvalue weighted by Gasteiger charge is 2.23. The summed E-state index contributed by atoms with van der Waals surface area (Å²) in [5, 5.41) is 5.76. The van der Waals surface area contributed by atoms with Gasteiger partial charge in [0.05, 0.1) is 12.6 Å². The Morgan fingerprint density at radius 1 is 1.45 bits per heavy atom. The van der Waals surface area contributed by atoms with Crippen molar-refractivity contribution in [1.82, 2.24) is 14.9 Å². The van der Waals surface area contributed by atoms with Crippen LogP contribution in [0.1, 0.15) is 18.6 Å². The summed E-state index contributed by atoms with van der Waals surface area (Å²) in [6.45, 7) is 1.03. The van der Waals surface area contributed by atoms with Gasteiger partial charge in [-0.1, -0.05) is 0 Å². The van der Waals surface area contributed by atoms with Gasteiger partial charge in [-0.25, -0.2) is 12.7 Å². The molecule has 7 nitrogen and oxygen atoms in total. The molecule has 2 N–H and O–H groups in total. The number of furan rings is 1. The van der Waals surface area contributed by atoms with Crippen molar-refractivity contribution in [3.8, 4) is 0 Å². The number of amides is 1. The summed E-state index contributed by atoms with van der Waals surface area (Å²) in [7, 11) is -0.657. The molecule has 8 heteroatoms. The number of sulfonamides is 1. The Morgan fingerprint density at radius 3 is 2.85 bits per heavy atom. The molecule has 20 heavy (non-hydrogen) atoms. The smallest absolute Gasteiger partial charge is 0.275 e. The Bertz CT molecular complexity index is 579. The summed E-state index contributed by atoms with van der Waals surface area (Å²) in [6.07, 6.45) is 1.71. The third kappa shape index (κ3) is 3.20.